The number of hydrogen-bond donors (Lipinski definition) is 0. The molecule has 0 aromatic heterocycles. The van der Waals surface area contributed by atoms with Crippen LogP contribution < -0.4 is 0 Å². The number of esters is 1. The summed E-state index contributed by atoms with van der Waals surface area (Å²) in [5.74, 6) is 2.11. The van der Waals surface area contributed by atoms with Crippen LogP contribution in [0.25, 0.3) is 0 Å². The fourth-order valence-electron chi connectivity index (χ4n) is 8.04. The minimum Gasteiger partial charge on any atom is -0.458 e. The second-order valence-corrected chi connectivity index (χ2v) is 13.1. The van der Waals surface area contributed by atoms with E-state index in [0.29, 0.717) is 22.3 Å². The number of hydrogen-bond acceptors (Lipinski definition) is 2. The van der Waals surface area contributed by atoms with Gasteiger partial charge in [0.1, 0.15) is 6.10 Å². The van der Waals surface area contributed by atoms with Crippen molar-refractivity contribution in [2.75, 3.05) is 0 Å². The van der Waals surface area contributed by atoms with Gasteiger partial charge in [0.05, 0.1) is 5.56 Å². The van der Waals surface area contributed by atoms with Gasteiger partial charge >= 0.3 is 5.97 Å². The average molecular weight is 447 g/mol. The van der Waals surface area contributed by atoms with E-state index in [0.717, 1.165) is 31.1 Å². The van der Waals surface area contributed by atoms with Crippen LogP contribution in [0.15, 0.2) is 53.6 Å². The molecular weight excluding hydrogens is 404 g/mol. The van der Waals surface area contributed by atoms with Crippen LogP contribution in [0.2, 0.25) is 0 Å². The van der Waals surface area contributed by atoms with E-state index in [2.05, 4.69) is 46.8 Å². The number of allylic oxidation sites excluding steroid dienone is 3. The summed E-state index contributed by atoms with van der Waals surface area (Å²) < 4.78 is 5.95. The van der Waals surface area contributed by atoms with Crippen molar-refractivity contribution >= 4 is 5.97 Å². The van der Waals surface area contributed by atoms with Gasteiger partial charge in [-0.25, -0.2) is 4.79 Å². The summed E-state index contributed by atoms with van der Waals surface area (Å²) >= 11 is 0. The molecule has 5 rings (SSSR count). The van der Waals surface area contributed by atoms with Crippen molar-refractivity contribution in [1.82, 2.24) is 0 Å². The second-order valence-electron chi connectivity index (χ2n) is 13.1. The third-order valence-corrected chi connectivity index (χ3v) is 9.86. The molecule has 0 spiro atoms. The first kappa shape index (κ1) is 22.9. The van der Waals surface area contributed by atoms with Crippen LogP contribution in [0.3, 0.4) is 0 Å². The fourth-order valence-corrected chi connectivity index (χ4v) is 8.04. The summed E-state index contributed by atoms with van der Waals surface area (Å²) in [4.78, 5) is 12.6. The molecule has 1 unspecified atom stereocenters. The van der Waals surface area contributed by atoms with Gasteiger partial charge in [-0.05, 0) is 91.1 Å². The average Bonchev–Trinajstić information content (AvgIpc) is 3.09. The highest BCUT2D eigenvalue weighted by atomic mass is 16.5. The van der Waals surface area contributed by atoms with Gasteiger partial charge in [-0.2, -0.15) is 0 Å². The molecule has 0 aliphatic heterocycles. The molecule has 4 aliphatic carbocycles. The van der Waals surface area contributed by atoms with Crippen molar-refractivity contribution in [3.8, 4) is 0 Å². The standard InChI is InChI=1S/C31H42O2/c1-29(2,3)20-23-12-14-26-25-13-11-22-19-24(33-28(32)21-9-7-6-8-10-21)15-17-30(22,4)27(25)16-18-31(23,26)5/h6-11,13,23-24,26-27H,12,14-20H2,1-5H3/t23-,24?,26+,27+,30+,31-/m1/s1. The Labute approximate surface area is 200 Å². The van der Waals surface area contributed by atoms with E-state index in [-0.39, 0.29) is 17.5 Å². The lowest BCUT2D eigenvalue weighted by atomic mass is 9.50. The Hall–Kier alpha value is -1.83. The molecule has 3 saturated carbocycles. The van der Waals surface area contributed by atoms with Crippen molar-refractivity contribution < 1.29 is 9.53 Å². The molecule has 4 aliphatic rings. The van der Waals surface area contributed by atoms with Crippen molar-refractivity contribution in [2.45, 2.75) is 92.1 Å². The predicted octanol–water partition coefficient (Wildman–Crippen LogP) is 8.15. The lowest BCUT2D eigenvalue weighted by molar-refractivity contribution is 0.00679. The number of carbonyl (C=O) groups excluding carboxylic acids is 1. The lowest BCUT2D eigenvalue weighted by Gasteiger charge is -2.55. The SMILES string of the molecule is CC(C)(C)C[C@H]1CC[C@H]2C3=CC=C4CC(OC(=O)c5ccccc5)CC[C@]4(C)[C@H]3CC[C@]12C. The van der Waals surface area contributed by atoms with Crippen molar-refractivity contribution in [2.24, 2.45) is 34.0 Å². The molecule has 1 aromatic carbocycles. The first-order chi connectivity index (χ1) is 15.6. The smallest absolute Gasteiger partial charge is 0.338 e. The van der Waals surface area contributed by atoms with Crippen LogP contribution in [0, 0.1) is 34.0 Å². The summed E-state index contributed by atoms with van der Waals surface area (Å²) in [6.07, 6.45) is 14.7. The monoisotopic (exact) mass is 446 g/mol. The van der Waals surface area contributed by atoms with Crippen molar-refractivity contribution in [3.63, 3.8) is 0 Å². The van der Waals surface area contributed by atoms with Gasteiger partial charge in [0.15, 0.2) is 0 Å². The van der Waals surface area contributed by atoms with Gasteiger partial charge in [0, 0.05) is 6.42 Å². The summed E-state index contributed by atoms with van der Waals surface area (Å²) in [6.45, 7) is 12.4. The van der Waals surface area contributed by atoms with Crippen LogP contribution in [-0.2, 0) is 4.74 Å². The molecule has 6 atom stereocenters. The van der Waals surface area contributed by atoms with Crippen LogP contribution in [0.1, 0.15) is 96.3 Å². The molecule has 0 N–H and O–H groups in total. The van der Waals surface area contributed by atoms with Crippen molar-refractivity contribution in [3.05, 3.63) is 59.2 Å². The zero-order chi connectivity index (χ0) is 23.4. The van der Waals surface area contributed by atoms with E-state index in [1.165, 1.54) is 37.7 Å². The summed E-state index contributed by atoms with van der Waals surface area (Å²) in [6, 6.07) is 9.42. The van der Waals surface area contributed by atoms with Gasteiger partial charge < -0.3 is 4.74 Å². The first-order valence-corrected chi connectivity index (χ1v) is 13.3. The minimum atomic E-state index is -0.180. The van der Waals surface area contributed by atoms with Crippen LogP contribution in [0.4, 0.5) is 0 Å². The Bertz CT molecular complexity index is 964. The highest BCUT2D eigenvalue weighted by Crippen LogP contribution is 2.66. The van der Waals surface area contributed by atoms with E-state index in [1.54, 1.807) is 5.57 Å². The highest BCUT2D eigenvalue weighted by Gasteiger charge is 2.56. The van der Waals surface area contributed by atoms with Gasteiger partial charge in [0.2, 0.25) is 0 Å². The Morgan fingerprint density at radius 3 is 2.45 bits per heavy atom. The molecule has 0 radical (unpaired) electrons. The normalized spacial score (nSPS) is 37.8. The summed E-state index contributed by atoms with van der Waals surface area (Å²) in [7, 11) is 0. The number of fused-ring (bicyclic) bond motifs is 5. The maximum Gasteiger partial charge on any atom is 0.338 e. The molecule has 2 nitrogen and oxygen atoms in total. The zero-order valence-corrected chi connectivity index (χ0v) is 21.3. The number of carbonyl (C=O) groups is 1. The Balaban J connectivity index is 1.34. The van der Waals surface area contributed by atoms with E-state index >= 15 is 0 Å². The Morgan fingerprint density at radius 1 is 0.970 bits per heavy atom. The van der Waals surface area contributed by atoms with Crippen LogP contribution >= 0.6 is 0 Å². The third kappa shape index (κ3) is 4.02. The molecular formula is C31H42O2. The molecule has 2 heteroatoms. The quantitative estimate of drug-likeness (QED) is 0.438. The van der Waals surface area contributed by atoms with E-state index in [1.807, 2.05) is 30.3 Å². The van der Waals surface area contributed by atoms with Gasteiger partial charge in [-0.3, -0.25) is 0 Å². The zero-order valence-electron chi connectivity index (χ0n) is 21.3. The first-order valence-electron chi connectivity index (χ1n) is 13.3. The molecule has 0 bridgehead atoms. The predicted molar refractivity (Wildman–Crippen MR) is 135 cm³/mol. The van der Waals surface area contributed by atoms with E-state index in [9.17, 15) is 4.79 Å². The largest absolute Gasteiger partial charge is 0.458 e. The van der Waals surface area contributed by atoms with Gasteiger partial charge in [0.25, 0.3) is 0 Å². The highest BCUT2D eigenvalue weighted by molar-refractivity contribution is 5.89. The van der Waals surface area contributed by atoms with Crippen molar-refractivity contribution in [1.29, 1.82) is 0 Å². The second kappa shape index (κ2) is 8.14. The van der Waals surface area contributed by atoms with Gasteiger partial charge in [-0.1, -0.05) is 76.1 Å². The number of ether oxygens (including phenoxy) is 1. The molecule has 0 saturated heterocycles. The maximum absolute atomic E-state index is 12.6. The number of rotatable bonds is 3. The fraction of sp³-hybridized carbons (Fsp3) is 0.645. The van der Waals surface area contributed by atoms with Crippen LogP contribution in [-0.4, -0.2) is 12.1 Å². The maximum atomic E-state index is 12.6. The molecule has 3 fully saturated rings. The molecule has 33 heavy (non-hydrogen) atoms. The van der Waals surface area contributed by atoms with Gasteiger partial charge in [-0.15, -0.1) is 0 Å². The van der Waals surface area contributed by atoms with E-state index < -0.39 is 0 Å². The van der Waals surface area contributed by atoms with E-state index in [4.69, 9.17) is 4.74 Å². The number of benzene rings is 1. The summed E-state index contributed by atoms with van der Waals surface area (Å²) in [5.41, 5.74) is 5.05. The molecule has 1 aromatic rings. The third-order valence-electron chi connectivity index (χ3n) is 9.86. The Morgan fingerprint density at radius 2 is 1.73 bits per heavy atom. The lowest BCUT2D eigenvalue weighted by Crippen LogP contribution is -2.46. The molecule has 0 heterocycles. The summed E-state index contributed by atoms with van der Waals surface area (Å²) in [5, 5.41) is 0. The minimum absolute atomic E-state index is 0.00323. The Kier molecular flexibility index (Phi) is 5.66. The molecule has 178 valence electrons. The topological polar surface area (TPSA) is 26.3 Å². The van der Waals surface area contributed by atoms with Crippen LogP contribution in [0.5, 0.6) is 0 Å². The molecule has 0 amide bonds.